The summed E-state index contributed by atoms with van der Waals surface area (Å²) in [6, 6.07) is 9.10. The van der Waals surface area contributed by atoms with Gasteiger partial charge in [0.2, 0.25) is 0 Å². The number of anilines is 1. The molecule has 128 valence electrons. The number of nitrogens with one attached hydrogen (secondary N) is 1. The molecular formula is C16H16F2N2O4. The topological polar surface area (TPSA) is 73.6 Å². The van der Waals surface area contributed by atoms with Crippen LogP contribution in [0.1, 0.15) is 11.1 Å². The van der Waals surface area contributed by atoms with E-state index in [1.54, 1.807) is 18.2 Å². The van der Waals surface area contributed by atoms with Crippen LogP contribution in [0.4, 0.5) is 20.2 Å². The molecule has 0 aliphatic heterocycles. The maximum Gasteiger partial charge on any atom is 0.387 e. The molecule has 1 N–H and O–H groups in total. The van der Waals surface area contributed by atoms with Gasteiger partial charge in [-0.15, -0.1) is 0 Å². The van der Waals surface area contributed by atoms with Crippen LogP contribution >= 0.6 is 0 Å². The van der Waals surface area contributed by atoms with E-state index in [2.05, 4.69) is 10.1 Å². The number of aryl methyl sites for hydroxylation is 1. The van der Waals surface area contributed by atoms with Crippen LogP contribution in [0.3, 0.4) is 0 Å². The Labute approximate surface area is 137 Å². The number of benzene rings is 2. The molecule has 0 spiro atoms. The molecule has 0 saturated heterocycles. The minimum atomic E-state index is -2.93. The Morgan fingerprint density at radius 1 is 1.21 bits per heavy atom. The van der Waals surface area contributed by atoms with E-state index in [0.29, 0.717) is 12.2 Å². The molecule has 0 heterocycles. The highest BCUT2D eigenvalue weighted by molar-refractivity contribution is 5.57. The molecule has 2 aromatic carbocycles. The fourth-order valence-corrected chi connectivity index (χ4v) is 2.13. The first-order valence-electron chi connectivity index (χ1n) is 7.01. The third-order valence-electron chi connectivity index (χ3n) is 3.36. The molecule has 0 saturated carbocycles. The smallest absolute Gasteiger partial charge is 0.387 e. The van der Waals surface area contributed by atoms with E-state index >= 15 is 0 Å². The lowest BCUT2D eigenvalue weighted by molar-refractivity contribution is -0.384. The van der Waals surface area contributed by atoms with Crippen molar-refractivity contribution in [3.8, 4) is 11.5 Å². The van der Waals surface area contributed by atoms with Crippen molar-refractivity contribution in [3.05, 3.63) is 57.6 Å². The number of rotatable bonds is 7. The molecule has 0 fully saturated rings. The van der Waals surface area contributed by atoms with Crippen LogP contribution in [0.2, 0.25) is 0 Å². The number of ether oxygens (including phenoxy) is 2. The first-order chi connectivity index (χ1) is 11.4. The summed E-state index contributed by atoms with van der Waals surface area (Å²) in [5.41, 5.74) is 2.21. The van der Waals surface area contributed by atoms with E-state index in [9.17, 15) is 18.9 Å². The zero-order valence-corrected chi connectivity index (χ0v) is 13.1. The minimum Gasteiger partial charge on any atom is -0.493 e. The molecule has 0 radical (unpaired) electrons. The molecule has 0 amide bonds. The van der Waals surface area contributed by atoms with E-state index in [0.717, 1.165) is 11.1 Å². The summed E-state index contributed by atoms with van der Waals surface area (Å²) in [5.74, 6) is 0.133. The van der Waals surface area contributed by atoms with Crippen LogP contribution < -0.4 is 14.8 Å². The maximum atomic E-state index is 12.3. The van der Waals surface area contributed by atoms with E-state index in [1.165, 1.54) is 25.3 Å². The van der Waals surface area contributed by atoms with Gasteiger partial charge >= 0.3 is 6.61 Å². The Kier molecular flexibility index (Phi) is 5.51. The normalized spacial score (nSPS) is 10.5. The van der Waals surface area contributed by atoms with E-state index in [4.69, 9.17) is 4.74 Å². The second kappa shape index (κ2) is 7.58. The number of nitrogens with zero attached hydrogens (tertiary/aromatic N) is 1. The highest BCUT2D eigenvalue weighted by Crippen LogP contribution is 2.30. The highest BCUT2D eigenvalue weighted by atomic mass is 19.3. The summed E-state index contributed by atoms with van der Waals surface area (Å²) in [5, 5.41) is 13.9. The Morgan fingerprint density at radius 2 is 1.96 bits per heavy atom. The number of hydrogen-bond acceptors (Lipinski definition) is 5. The maximum absolute atomic E-state index is 12.3. The molecule has 0 aliphatic carbocycles. The Bertz CT molecular complexity index is 738. The second-order valence-electron chi connectivity index (χ2n) is 4.97. The summed E-state index contributed by atoms with van der Waals surface area (Å²) in [4.78, 5) is 10.4. The van der Waals surface area contributed by atoms with Crippen molar-refractivity contribution in [1.82, 2.24) is 0 Å². The lowest BCUT2D eigenvalue weighted by atomic mass is 10.1. The van der Waals surface area contributed by atoms with Crippen LogP contribution in [0.25, 0.3) is 0 Å². The number of non-ortho nitro benzene ring substituents is 1. The number of methoxy groups -OCH3 is 1. The molecule has 6 nitrogen and oxygen atoms in total. The molecular weight excluding hydrogens is 322 g/mol. The summed E-state index contributed by atoms with van der Waals surface area (Å²) in [7, 11) is 1.36. The van der Waals surface area contributed by atoms with Crippen LogP contribution in [-0.4, -0.2) is 18.6 Å². The average Bonchev–Trinajstić information content (AvgIpc) is 2.54. The first-order valence-corrected chi connectivity index (χ1v) is 7.01. The van der Waals surface area contributed by atoms with Crippen molar-refractivity contribution >= 4 is 11.4 Å². The first kappa shape index (κ1) is 17.5. The number of nitro benzene ring substituents is 1. The molecule has 2 aromatic rings. The Balaban J connectivity index is 2.14. The fourth-order valence-electron chi connectivity index (χ4n) is 2.13. The van der Waals surface area contributed by atoms with Gasteiger partial charge in [0.1, 0.15) is 0 Å². The quantitative estimate of drug-likeness (QED) is 0.607. The van der Waals surface area contributed by atoms with Gasteiger partial charge in [0.25, 0.3) is 5.69 Å². The number of hydrogen-bond donors (Lipinski definition) is 1. The lowest BCUT2D eigenvalue weighted by Crippen LogP contribution is -2.05. The second-order valence-corrected chi connectivity index (χ2v) is 4.97. The molecule has 8 heteroatoms. The van der Waals surface area contributed by atoms with Gasteiger partial charge in [-0.1, -0.05) is 12.1 Å². The van der Waals surface area contributed by atoms with Crippen molar-refractivity contribution in [2.75, 3.05) is 12.4 Å². The van der Waals surface area contributed by atoms with Gasteiger partial charge in [-0.25, -0.2) is 0 Å². The van der Waals surface area contributed by atoms with E-state index < -0.39 is 11.5 Å². The van der Waals surface area contributed by atoms with E-state index in [-0.39, 0.29) is 17.2 Å². The van der Waals surface area contributed by atoms with Crippen molar-refractivity contribution in [1.29, 1.82) is 0 Å². The highest BCUT2D eigenvalue weighted by Gasteiger charge is 2.12. The van der Waals surface area contributed by atoms with Crippen molar-refractivity contribution in [3.63, 3.8) is 0 Å². The molecule has 0 unspecified atom stereocenters. The molecule has 24 heavy (non-hydrogen) atoms. The number of alkyl halides is 2. The molecule has 0 atom stereocenters. The zero-order chi connectivity index (χ0) is 17.7. The predicted octanol–water partition coefficient (Wildman–Crippen LogP) is 4.13. The SMILES string of the molecule is COc1cc(CNc2cc([N+](=O)[O-])ccc2C)ccc1OC(F)F. The van der Waals surface area contributed by atoms with Gasteiger partial charge in [-0.3, -0.25) is 10.1 Å². The number of nitro groups is 1. The monoisotopic (exact) mass is 338 g/mol. The zero-order valence-electron chi connectivity index (χ0n) is 13.1. The molecule has 0 aliphatic rings. The molecule has 2 rings (SSSR count). The van der Waals surface area contributed by atoms with E-state index in [1.807, 2.05) is 6.92 Å². The van der Waals surface area contributed by atoms with Crippen LogP contribution in [-0.2, 0) is 6.54 Å². The third-order valence-corrected chi connectivity index (χ3v) is 3.36. The van der Waals surface area contributed by atoms with Crippen LogP contribution in [0, 0.1) is 17.0 Å². The van der Waals surface area contributed by atoms with Crippen LogP contribution in [0.5, 0.6) is 11.5 Å². The van der Waals surface area contributed by atoms with Gasteiger partial charge in [-0.05, 0) is 30.2 Å². The third kappa shape index (κ3) is 4.31. The van der Waals surface area contributed by atoms with Gasteiger partial charge < -0.3 is 14.8 Å². The van der Waals surface area contributed by atoms with Crippen molar-refractivity contribution < 1.29 is 23.2 Å². The Hall–Kier alpha value is -2.90. The standard InChI is InChI=1S/C16H16F2N2O4/c1-10-3-5-12(20(21)22)8-13(10)19-9-11-4-6-14(24-16(17)18)15(7-11)23-2/h3-8,16,19H,9H2,1-2H3. The summed E-state index contributed by atoms with van der Waals surface area (Å²) in [6.07, 6.45) is 0. The van der Waals surface area contributed by atoms with Crippen molar-refractivity contribution in [2.24, 2.45) is 0 Å². The van der Waals surface area contributed by atoms with Gasteiger partial charge in [0.05, 0.1) is 12.0 Å². The summed E-state index contributed by atoms with van der Waals surface area (Å²) in [6.45, 7) is -0.769. The number of halogens is 2. The van der Waals surface area contributed by atoms with Crippen molar-refractivity contribution in [2.45, 2.75) is 20.1 Å². The summed E-state index contributed by atoms with van der Waals surface area (Å²) >= 11 is 0. The summed E-state index contributed by atoms with van der Waals surface area (Å²) < 4.78 is 34.0. The van der Waals surface area contributed by atoms with Gasteiger partial charge in [0.15, 0.2) is 11.5 Å². The predicted molar refractivity (Wildman–Crippen MR) is 84.8 cm³/mol. The molecule has 0 aromatic heterocycles. The largest absolute Gasteiger partial charge is 0.493 e. The lowest BCUT2D eigenvalue weighted by Gasteiger charge is -2.13. The average molecular weight is 338 g/mol. The van der Waals surface area contributed by atoms with Crippen LogP contribution in [0.15, 0.2) is 36.4 Å². The Morgan fingerprint density at radius 3 is 2.58 bits per heavy atom. The van der Waals surface area contributed by atoms with Gasteiger partial charge in [0, 0.05) is 24.4 Å². The van der Waals surface area contributed by atoms with Gasteiger partial charge in [-0.2, -0.15) is 8.78 Å². The molecule has 0 bridgehead atoms. The minimum absolute atomic E-state index is 0.0126. The fraction of sp³-hybridized carbons (Fsp3) is 0.250.